The summed E-state index contributed by atoms with van der Waals surface area (Å²) in [6.07, 6.45) is -1.49. The second kappa shape index (κ2) is 8.27. The number of alkyl halides is 3. The van der Waals surface area contributed by atoms with Crippen LogP contribution in [0.4, 0.5) is 17.6 Å². The van der Waals surface area contributed by atoms with E-state index >= 15 is 0 Å². The van der Waals surface area contributed by atoms with Gasteiger partial charge >= 0.3 is 6.18 Å². The van der Waals surface area contributed by atoms with Crippen molar-refractivity contribution in [1.82, 2.24) is 19.9 Å². The Bertz CT molecular complexity index is 1180. The molecular formula is C22H18F4N4O2. The molecule has 0 spiro atoms. The smallest absolute Gasteiger partial charge is 0.395 e. The average molecular weight is 446 g/mol. The zero-order valence-corrected chi connectivity index (χ0v) is 16.9. The van der Waals surface area contributed by atoms with E-state index in [-0.39, 0.29) is 17.2 Å². The number of aliphatic hydroxyl groups excluding tert-OH is 1. The van der Waals surface area contributed by atoms with Crippen molar-refractivity contribution in [2.24, 2.45) is 0 Å². The monoisotopic (exact) mass is 446 g/mol. The Morgan fingerprint density at radius 2 is 1.94 bits per heavy atom. The van der Waals surface area contributed by atoms with Gasteiger partial charge in [0.1, 0.15) is 12.1 Å². The van der Waals surface area contributed by atoms with Crippen molar-refractivity contribution < 1.29 is 27.5 Å². The molecule has 3 heterocycles. The van der Waals surface area contributed by atoms with E-state index in [1.54, 1.807) is 18.0 Å². The van der Waals surface area contributed by atoms with Crippen LogP contribution in [-0.2, 0) is 12.6 Å². The van der Waals surface area contributed by atoms with Crippen LogP contribution in [0.2, 0.25) is 0 Å². The molecule has 0 saturated heterocycles. The Hall–Kier alpha value is -3.40. The second-order valence-corrected chi connectivity index (χ2v) is 7.50. The topological polar surface area (TPSA) is 79.2 Å². The number of benzene rings is 1. The van der Waals surface area contributed by atoms with Gasteiger partial charge in [-0.05, 0) is 47.9 Å². The van der Waals surface area contributed by atoms with Gasteiger partial charge in [-0.25, -0.2) is 14.4 Å². The summed E-state index contributed by atoms with van der Waals surface area (Å²) in [6, 6.07) is 5.25. The van der Waals surface area contributed by atoms with E-state index in [9.17, 15) is 27.5 Å². The molecule has 0 saturated carbocycles. The third-order valence-electron chi connectivity index (χ3n) is 5.45. The summed E-state index contributed by atoms with van der Waals surface area (Å²) >= 11 is 0. The van der Waals surface area contributed by atoms with E-state index in [1.807, 2.05) is 0 Å². The number of pyridine rings is 1. The largest absolute Gasteiger partial charge is 0.416 e. The fourth-order valence-corrected chi connectivity index (χ4v) is 3.79. The Labute approximate surface area is 180 Å². The van der Waals surface area contributed by atoms with Crippen molar-refractivity contribution in [2.45, 2.75) is 18.5 Å². The van der Waals surface area contributed by atoms with Gasteiger partial charge in [0.25, 0.3) is 5.91 Å². The van der Waals surface area contributed by atoms with Crippen LogP contribution in [0, 0.1) is 5.82 Å². The molecule has 2 aromatic heterocycles. The highest BCUT2D eigenvalue weighted by atomic mass is 19.4. The highest BCUT2D eigenvalue weighted by molar-refractivity contribution is 5.98. The van der Waals surface area contributed by atoms with E-state index in [0.717, 1.165) is 12.1 Å². The van der Waals surface area contributed by atoms with E-state index in [4.69, 9.17) is 0 Å². The minimum Gasteiger partial charge on any atom is -0.395 e. The first kappa shape index (κ1) is 21.8. The van der Waals surface area contributed by atoms with Gasteiger partial charge in [-0.3, -0.25) is 9.78 Å². The zero-order valence-electron chi connectivity index (χ0n) is 16.9. The molecule has 0 bridgehead atoms. The normalized spacial score (nSPS) is 14.9. The van der Waals surface area contributed by atoms with Gasteiger partial charge in [0.15, 0.2) is 0 Å². The summed E-state index contributed by atoms with van der Waals surface area (Å²) in [7, 11) is 1.70. The summed E-state index contributed by atoms with van der Waals surface area (Å²) < 4.78 is 53.3. The van der Waals surface area contributed by atoms with Crippen LogP contribution >= 0.6 is 0 Å². The number of hydrogen-bond donors (Lipinski definition) is 1. The second-order valence-electron chi connectivity index (χ2n) is 7.50. The first-order chi connectivity index (χ1) is 15.2. The van der Waals surface area contributed by atoms with Crippen molar-refractivity contribution >= 4 is 5.91 Å². The maximum atomic E-state index is 13.9. The van der Waals surface area contributed by atoms with E-state index in [1.165, 1.54) is 18.6 Å². The van der Waals surface area contributed by atoms with Crippen molar-refractivity contribution in [2.75, 3.05) is 20.2 Å². The molecule has 0 aliphatic carbocycles. The standard InChI is InChI=1S/C22H18F4N4O2/c1-30-5-3-15-16(21(30)32)2-4-27-20(15)19-9-18(28-11-29-19)17(10-31)12-6-13(22(24,25)26)8-14(23)7-12/h2,4,6-9,11,17,31H,3,5,10H2,1H3. The Morgan fingerprint density at radius 3 is 2.66 bits per heavy atom. The lowest BCUT2D eigenvalue weighted by atomic mass is 9.92. The van der Waals surface area contributed by atoms with Gasteiger partial charge < -0.3 is 10.0 Å². The Kier molecular flexibility index (Phi) is 5.64. The van der Waals surface area contributed by atoms with Crippen LogP contribution in [-0.4, -0.2) is 51.1 Å². The number of amides is 1. The predicted molar refractivity (Wildman–Crippen MR) is 106 cm³/mol. The molecule has 10 heteroatoms. The van der Waals surface area contributed by atoms with Gasteiger partial charge in [0.2, 0.25) is 0 Å². The zero-order chi connectivity index (χ0) is 23.0. The minimum absolute atomic E-state index is 0.0654. The number of hydrogen-bond acceptors (Lipinski definition) is 5. The van der Waals surface area contributed by atoms with E-state index in [2.05, 4.69) is 15.0 Å². The molecular weight excluding hydrogens is 428 g/mol. The molecule has 0 fully saturated rings. The van der Waals surface area contributed by atoms with E-state index < -0.39 is 30.1 Å². The number of carbonyl (C=O) groups is 1. The van der Waals surface area contributed by atoms with Crippen molar-refractivity contribution in [1.29, 1.82) is 0 Å². The highest BCUT2D eigenvalue weighted by Crippen LogP contribution is 2.34. The number of aliphatic hydroxyl groups is 1. The third kappa shape index (κ3) is 4.05. The molecule has 6 nitrogen and oxygen atoms in total. The quantitative estimate of drug-likeness (QED) is 0.621. The van der Waals surface area contributed by atoms with Crippen LogP contribution in [0.5, 0.6) is 0 Å². The minimum atomic E-state index is -4.74. The van der Waals surface area contributed by atoms with E-state index in [0.29, 0.717) is 41.5 Å². The third-order valence-corrected chi connectivity index (χ3v) is 5.45. The van der Waals surface area contributed by atoms with Crippen LogP contribution in [0.25, 0.3) is 11.4 Å². The van der Waals surface area contributed by atoms with Crippen molar-refractivity contribution in [3.8, 4) is 11.4 Å². The maximum absolute atomic E-state index is 13.9. The lowest BCUT2D eigenvalue weighted by Gasteiger charge is -2.26. The van der Waals surface area contributed by atoms with Crippen LogP contribution < -0.4 is 0 Å². The number of rotatable bonds is 4. The number of likely N-dealkylation sites (N-methyl/N-ethyl adjacent to an activating group) is 1. The van der Waals surface area contributed by atoms with Gasteiger partial charge in [0.05, 0.1) is 29.3 Å². The molecule has 1 aliphatic heterocycles. The number of carbonyl (C=O) groups excluding carboxylic acids is 1. The summed E-state index contributed by atoms with van der Waals surface area (Å²) in [4.78, 5) is 26.7. The molecule has 0 radical (unpaired) electrons. The first-order valence-corrected chi connectivity index (χ1v) is 9.73. The highest BCUT2D eigenvalue weighted by Gasteiger charge is 2.32. The lowest BCUT2D eigenvalue weighted by molar-refractivity contribution is -0.137. The molecule has 1 unspecified atom stereocenters. The molecule has 1 amide bonds. The number of fused-ring (bicyclic) bond motifs is 1. The van der Waals surface area contributed by atoms with Crippen molar-refractivity contribution in [3.05, 3.63) is 76.6 Å². The molecule has 1 aliphatic rings. The predicted octanol–water partition coefficient (Wildman–Crippen LogP) is 3.45. The number of halogens is 4. The molecule has 1 atom stereocenters. The fraction of sp³-hybridized carbons (Fsp3) is 0.273. The molecule has 166 valence electrons. The Morgan fingerprint density at radius 1 is 1.16 bits per heavy atom. The van der Waals surface area contributed by atoms with Gasteiger partial charge in [-0.2, -0.15) is 13.2 Å². The van der Waals surface area contributed by atoms with Crippen LogP contribution in [0.15, 0.2) is 42.9 Å². The van der Waals surface area contributed by atoms with Gasteiger partial charge in [-0.15, -0.1) is 0 Å². The SMILES string of the molecule is CN1CCc2c(ccnc2-c2cc(C(CO)c3cc(F)cc(C(F)(F)F)c3)ncn2)C1=O. The van der Waals surface area contributed by atoms with Gasteiger partial charge in [0, 0.05) is 31.3 Å². The summed E-state index contributed by atoms with van der Waals surface area (Å²) in [5.41, 5.74) is 1.02. The molecule has 4 rings (SSSR count). The fourth-order valence-electron chi connectivity index (χ4n) is 3.79. The molecule has 1 aromatic carbocycles. The van der Waals surface area contributed by atoms with Crippen molar-refractivity contribution in [3.63, 3.8) is 0 Å². The lowest BCUT2D eigenvalue weighted by Crippen LogP contribution is -2.34. The first-order valence-electron chi connectivity index (χ1n) is 9.73. The molecule has 3 aromatic rings. The van der Waals surface area contributed by atoms with Crippen LogP contribution in [0.3, 0.4) is 0 Å². The summed E-state index contributed by atoms with van der Waals surface area (Å²) in [5.74, 6) is -2.22. The average Bonchev–Trinajstić information content (AvgIpc) is 2.76. The Balaban J connectivity index is 1.77. The number of nitrogens with zero attached hydrogens (tertiary/aromatic N) is 4. The molecule has 32 heavy (non-hydrogen) atoms. The number of aromatic nitrogens is 3. The molecule has 1 N–H and O–H groups in total. The van der Waals surface area contributed by atoms with Gasteiger partial charge in [-0.1, -0.05) is 0 Å². The maximum Gasteiger partial charge on any atom is 0.416 e. The summed E-state index contributed by atoms with van der Waals surface area (Å²) in [6.45, 7) is -0.0912. The summed E-state index contributed by atoms with van der Waals surface area (Å²) in [5, 5.41) is 9.90. The van der Waals surface area contributed by atoms with Crippen LogP contribution in [0.1, 0.15) is 38.7 Å².